The lowest BCUT2D eigenvalue weighted by Gasteiger charge is -2.08. The Bertz CT molecular complexity index is 666. The zero-order valence-corrected chi connectivity index (χ0v) is 10.6. The largest absolute Gasteiger partial charge is 0.346 e. The number of aromatic nitrogens is 2. The second-order valence-electron chi connectivity index (χ2n) is 4.85. The summed E-state index contributed by atoms with van der Waals surface area (Å²) in [7, 11) is 0. The van der Waals surface area contributed by atoms with Crippen LogP contribution in [-0.2, 0) is 0 Å². The monoisotopic (exact) mass is 236 g/mol. The van der Waals surface area contributed by atoms with Crippen molar-refractivity contribution < 1.29 is 0 Å². The highest BCUT2D eigenvalue weighted by Gasteiger charge is 2.12. The highest BCUT2D eigenvalue weighted by atomic mass is 14.8. The Labute approximate surface area is 107 Å². The minimum atomic E-state index is 0.491. The number of pyridine rings is 1. The lowest BCUT2D eigenvalue weighted by molar-refractivity contribution is 0.876. The van der Waals surface area contributed by atoms with E-state index in [2.05, 4.69) is 60.3 Å². The van der Waals surface area contributed by atoms with Gasteiger partial charge in [-0.05, 0) is 28.7 Å². The van der Waals surface area contributed by atoms with E-state index in [0.717, 1.165) is 5.65 Å². The molecule has 3 aromatic rings. The van der Waals surface area contributed by atoms with Crippen molar-refractivity contribution in [3.05, 3.63) is 54.4 Å². The zero-order valence-electron chi connectivity index (χ0n) is 10.6. The fraction of sp³-hybridized carbons (Fsp3) is 0.188. The molecule has 0 saturated carbocycles. The Morgan fingerprint density at radius 2 is 1.83 bits per heavy atom. The molecule has 90 valence electrons. The van der Waals surface area contributed by atoms with E-state index in [9.17, 15) is 0 Å². The number of rotatable bonds is 2. The second kappa shape index (κ2) is 4.30. The molecule has 2 heteroatoms. The standard InChI is InChI=1S/C16H16N2/c1-11(2)14-10-18-16-15(14)13(8-9-17-16)12-6-4-3-5-7-12/h3-11H,1-2H3,(H,17,18). The van der Waals surface area contributed by atoms with E-state index in [0.29, 0.717) is 5.92 Å². The van der Waals surface area contributed by atoms with Gasteiger partial charge >= 0.3 is 0 Å². The van der Waals surface area contributed by atoms with Crippen LogP contribution in [0.15, 0.2) is 48.8 Å². The molecule has 2 aromatic heterocycles. The summed E-state index contributed by atoms with van der Waals surface area (Å²) in [5, 5.41) is 1.25. The molecule has 0 aliphatic rings. The van der Waals surface area contributed by atoms with Gasteiger partial charge in [-0.3, -0.25) is 0 Å². The van der Waals surface area contributed by atoms with Gasteiger partial charge in [-0.15, -0.1) is 0 Å². The van der Waals surface area contributed by atoms with Crippen molar-refractivity contribution in [3.8, 4) is 11.1 Å². The number of aromatic amines is 1. The first-order chi connectivity index (χ1) is 8.77. The first-order valence-electron chi connectivity index (χ1n) is 6.29. The van der Waals surface area contributed by atoms with Crippen LogP contribution in [0.3, 0.4) is 0 Å². The van der Waals surface area contributed by atoms with Crippen LogP contribution in [0, 0.1) is 0 Å². The van der Waals surface area contributed by atoms with E-state index in [1.54, 1.807) is 0 Å². The minimum Gasteiger partial charge on any atom is -0.346 e. The van der Waals surface area contributed by atoms with Crippen molar-refractivity contribution in [1.82, 2.24) is 9.97 Å². The van der Waals surface area contributed by atoms with Crippen molar-refractivity contribution in [2.45, 2.75) is 19.8 Å². The Morgan fingerprint density at radius 1 is 1.06 bits per heavy atom. The Kier molecular flexibility index (Phi) is 2.63. The zero-order chi connectivity index (χ0) is 12.5. The summed E-state index contributed by atoms with van der Waals surface area (Å²) >= 11 is 0. The third kappa shape index (κ3) is 1.70. The van der Waals surface area contributed by atoms with E-state index < -0.39 is 0 Å². The van der Waals surface area contributed by atoms with Crippen molar-refractivity contribution in [3.63, 3.8) is 0 Å². The summed E-state index contributed by atoms with van der Waals surface area (Å²) < 4.78 is 0. The molecule has 0 fully saturated rings. The molecule has 18 heavy (non-hydrogen) atoms. The van der Waals surface area contributed by atoms with Crippen molar-refractivity contribution in [1.29, 1.82) is 0 Å². The number of nitrogens with zero attached hydrogens (tertiary/aromatic N) is 1. The summed E-state index contributed by atoms with van der Waals surface area (Å²) in [5.41, 5.74) is 4.80. The van der Waals surface area contributed by atoms with Gasteiger partial charge in [-0.25, -0.2) is 4.98 Å². The number of nitrogens with one attached hydrogen (secondary N) is 1. The smallest absolute Gasteiger partial charge is 0.138 e. The summed E-state index contributed by atoms with van der Waals surface area (Å²) in [6.07, 6.45) is 3.94. The van der Waals surface area contributed by atoms with E-state index in [1.807, 2.05) is 12.3 Å². The van der Waals surface area contributed by atoms with Crippen LogP contribution in [0.2, 0.25) is 0 Å². The van der Waals surface area contributed by atoms with Gasteiger partial charge in [0.1, 0.15) is 5.65 Å². The fourth-order valence-corrected chi connectivity index (χ4v) is 2.40. The molecule has 0 atom stereocenters. The summed E-state index contributed by atoms with van der Waals surface area (Å²) in [5.74, 6) is 0.491. The van der Waals surface area contributed by atoms with Crippen LogP contribution in [0.1, 0.15) is 25.3 Å². The molecule has 0 saturated heterocycles. The average Bonchev–Trinajstić information content (AvgIpc) is 2.83. The van der Waals surface area contributed by atoms with Crippen LogP contribution < -0.4 is 0 Å². The third-order valence-electron chi connectivity index (χ3n) is 3.31. The maximum absolute atomic E-state index is 4.41. The molecular formula is C16H16N2. The molecule has 3 rings (SSSR count). The van der Waals surface area contributed by atoms with Crippen LogP contribution in [0.25, 0.3) is 22.2 Å². The molecule has 2 heterocycles. The summed E-state index contributed by atoms with van der Waals surface area (Å²) in [6.45, 7) is 4.43. The van der Waals surface area contributed by atoms with Gasteiger partial charge < -0.3 is 4.98 Å². The fourth-order valence-electron chi connectivity index (χ4n) is 2.40. The molecule has 1 aromatic carbocycles. The highest BCUT2D eigenvalue weighted by Crippen LogP contribution is 2.33. The molecular weight excluding hydrogens is 220 g/mol. The Morgan fingerprint density at radius 3 is 2.56 bits per heavy atom. The highest BCUT2D eigenvalue weighted by molar-refractivity contribution is 5.95. The first kappa shape index (κ1) is 11.0. The number of hydrogen-bond donors (Lipinski definition) is 1. The molecule has 0 aliphatic carbocycles. The number of fused-ring (bicyclic) bond motifs is 1. The van der Waals surface area contributed by atoms with Crippen LogP contribution in [0.4, 0.5) is 0 Å². The average molecular weight is 236 g/mol. The molecule has 0 bridgehead atoms. The second-order valence-corrected chi connectivity index (χ2v) is 4.85. The summed E-state index contributed by atoms with van der Waals surface area (Å²) in [6, 6.07) is 12.6. The van der Waals surface area contributed by atoms with Gasteiger partial charge in [0.15, 0.2) is 0 Å². The Balaban J connectivity index is 2.32. The van der Waals surface area contributed by atoms with Crippen molar-refractivity contribution >= 4 is 11.0 Å². The quantitative estimate of drug-likeness (QED) is 0.704. The van der Waals surface area contributed by atoms with Gasteiger partial charge in [0.2, 0.25) is 0 Å². The van der Waals surface area contributed by atoms with Crippen molar-refractivity contribution in [2.24, 2.45) is 0 Å². The topological polar surface area (TPSA) is 28.7 Å². The first-order valence-corrected chi connectivity index (χ1v) is 6.29. The van der Waals surface area contributed by atoms with Gasteiger partial charge in [0.05, 0.1) is 0 Å². The van der Waals surface area contributed by atoms with Gasteiger partial charge in [-0.1, -0.05) is 44.2 Å². The normalized spacial score (nSPS) is 11.3. The minimum absolute atomic E-state index is 0.491. The van der Waals surface area contributed by atoms with Crippen LogP contribution in [-0.4, -0.2) is 9.97 Å². The lowest BCUT2D eigenvalue weighted by atomic mass is 9.96. The molecule has 0 amide bonds. The van der Waals surface area contributed by atoms with Gasteiger partial charge in [-0.2, -0.15) is 0 Å². The van der Waals surface area contributed by atoms with Gasteiger partial charge in [0, 0.05) is 17.8 Å². The SMILES string of the molecule is CC(C)c1c[nH]c2nccc(-c3ccccc3)c12. The van der Waals surface area contributed by atoms with Crippen LogP contribution in [0.5, 0.6) is 0 Å². The lowest BCUT2D eigenvalue weighted by Crippen LogP contribution is -1.88. The van der Waals surface area contributed by atoms with E-state index in [1.165, 1.54) is 22.1 Å². The van der Waals surface area contributed by atoms with Gasteiger partial charge in [0.25, 0.3) is 0 Å². The number of H-pyrrole nitrogens is 1. The molecule has 1 N–H and O–H groups in total. The van der Waals surface area contributed by atoms with Crippen molar-refractivity contribution in [2.75, 3.05) is 0 Å². The number of hydrogen-bond acceptors (Lipinski definition) is 1. The predicted octanol–water partition coefficient (Wildman–Crippen LogP) is 4.35. The van der Waals surface area contributed by atoms with Crippen LogP contribution >= 0.6 is 0 Å². The molecule has 0 unspecified atom stereocenters. The van der Waals surface area contributed by atoms with E-state index in [4.69, 9.17) is 0 Å². The molecule has 0 spiro atoms. The molecule has 2 nitrogen and oxygen atoms in total. The molecule has 0 aliphatic heterocycles. The maximum atomic E-state index is 4.41. The maximum Gasteiger partial charge on any atom is 0.138 e. The third-order valence-corrected chi connectivity index (χ3v) is 3.31. The van der Waals surface area contributed by atoms with E-state index in [-0.39, 0.29) is 0 Å². The number of benzene rings is 1. The predicted molar refractivity (Wildman–Crippen MR) is 75.6 cm³/mol. The van der Waals surface area contributed by atoms with E-state index >= 15 is 0 Å². The Hall–Kier alpha value is -2.09. The molecule has 0 radical (unpaired) electrons. The summed E-state index contributed by atoms with van der Waals surface area (Å²) in [4.78, 5) is 7.68.